The van der Waals surface area contributed by atoms with Crippen molar-refractivity contribution >= 4 is 29.0 Å². The van der Waals surface area contributed by atoms with Crippen LogP contribution in [-0.4, -0.2) is 22.6 Å². The van der Waals surface area contributed by atoms with Crippen LogP contribution in [0.3, 0.4) is 0 Å². The minimum Gasteiger partial charge on any atom is -0.444 e. The number of carbonyl (C=O) groups excluding carboxylic acids is 2. The van der Waals surface area contributed by atoms with Crippen LogP contribution in [0.1, 0.15) is 46.7 Å². The molecular formula is C18H23N3O3S. The molecular weight excluding hydrogens is 338 g/mol. The number of nitrogens with one attached hydrogen (secondary N) is 2. The summed E-state index contributed by atoms with van der Waals surface area (Å²) in [6.07, 6.45) is -0.508. The highest BCUT2D eigenvalue weighted by Gasteiger charge is 2.18. The van der Waals surface area contributed by atoms with Crippen LogP contribution < -0.4 is 10.6 Å². The van der Waals surface area contributed by atoms with Gasteiger partial charge in [-0.1, -0.05) is 17.7 Å². The zero-order valence-electron chi connectivity index (χ0n) is 15.1. The second-order valence-corrected chi connectivity index (χ2v) is 7.78. The molecule has 0 aliphatic carbocycles. The second-order valence-electron chi connectivity index (χ2n) is 6.70. The molecule has 1 aromatic heterocycles. The molecule has 0 bridgehead atoms. The Morgan fingerprint density at radius 3 is 2.40 bits per heavy atom. The number of benzene rings is 1. The molecule has 1 aromatic carbocycles. The predicted octanol–water partition coefficient (Wildman–Crippen LogP) is 4.04. The second kappa shape index (κ2) is 7.65. The maximum Gasteiger partial charge on any atom is 0.408 e. The Balaban J connectivity index is 1.98. The highest BCUT2D eigenvalue weighted by Crippen LogP contribution is 2.20. The Kier molecular flexibility index (Phi) is 5.79. The molecule has 0 radical (unpaired) electrons. The first-order valence-electron chi connectivity index (χ1n) is 7.95. The zero-order valence-corrected chi connectivity index (χ0v) is 15.9. The highest BCUT2D eigenvalue weighted by atomic mass is 32.1. The van der Waals surface area contributed by atoms with Crippen molar-refractivity contribution in [2.75, 3.05) is 5.32 Å². The first-order valence-corrected chi connectivity index (χ1v) is 8.77. The van der Waals surface area contributed by atoms with Crippen LogP contribution in [0.4, 0.5) is 10.5 Å². The van der Waals surface area contributed by atoms with E-state index in [4.69, 9.17) is 4.74 Å². The molecule has 0 aliphatic rings. The normalized spacial score (nSPS) is 11.1. The topological polar surface area (TPSA) is 80.3 Å². The molecule has 0 saturated carbocycles. The summed E-state index contributed by atoms with van der Waals surface area (Å²) in [4.78, 5) is 29.0. The summed E-state index contributed by atoms with van der Waals surface area (Å²) in [7, 11) is 0. The van der Waals surface area contributed by atoms with E-state index in [0.717, 1.165) is 11.3 Å². The van der Waals surface area contributed by atoms with Crippen LogP contribution in [0.2, 0.25) is 0 Å². The Hall–Kier alpha value is -2.41. The lowest BCUT2D eigenvalue weighted by atomic mass is 10.2. The van der Waals surface area contributed by atoms with Gasteiger partial charge in [0.1, 0.15) is 15.5 Å². The van der Waals surface area contributed by atoms with E-state index < -0.39 is 11.7 Å². The van der Waals surface area contributed by atoms with Gasteiger partial charge in [0.15, 0.2) is 0 Å². The van der Waals surface area contributed by atoms with Crippen molar-refractivity contribution in [1.29, 1.82) is 0 Å². The lowest BCUT2D eigenvalue weighted by Crippen LogP contribution is -2.32. The van der Waals surface area contributed by atoms with Gasteiger partial charge in [-0.2, -0.15) is 0 Å². The first kappa shape index (κ1) is 18.9. The van der Waals surface area contributed by atoms with E-state index in [1.54, 1.807) is 27.7 Å². The summed E-state index contributed by atoms with van der Waals surface area (Å²) in [5.74, 6) is -0.206. The molecule has 134 valence electrons. The monoisotopic (exact) mass is 361 g/mol. The van der Waals surface area contributed by atoms with Crippen molar-refractivity contribution in [1.82, 2.24) is 10.3 Å². The number of anilines is 1. The van der Waals surface area contributed by atoms with Crippen LogP contribution >= 0.6 is 11.3 Å². The number of aryl methyl sites for hydroxylation is 2. The van der Waals surface area contributed by atoms with Crippen molar-refractivity contribution in [3.63, 3.8) is 0 Å². The van der Waals surface area contributed by atoms with Gasteiger partial charge in [0.2, 0.25) is 0 Å². The number of thiazole rings is 1. The maximum absolute atomic E-state index is 12.4. The van der Waals surface area contributed by atoms with Gasteiger partial charge in [0, 0.05) is 5.69 Å². The lowest BCUT2D eigenvalue weighted by Gasteiger charge is -2.19. The minimum atomic E-state index is -0.554. The number of nitrogens with zero attached hydrogens (tertiary/aromatic N) is 1. The van der Waals surface area contributed by atoms with Crippen molar-refractivity contribution in [2.24, 2.45) is 0 Å². The average Bonchev–Trinajstić information content (AvgIpc) is 2.87. The fraction of sp³-hybridized carbons (Fsp3) is 0.389. The molecule has 2 N–H and O–H groups in total. The largest absolute Gasteiger partial charge is 0.444 e. The molecule has 25 heavy (non-hydrogen) atoms. The summed E-state index contributed by atoms with van der Waals surface area (Å²) in [5, 5.41) is 6.15. The van der Waals surface area contributed by atoms with Gasteiger partial charge < -0.3 is 15.4 Å². The summed E-state index contributed by atoms with van der Waals surface area (Å²) in [6.45, 7) is 9.38. The van der Waals surface area contributed by atoms with E-state index in [2.05, 4.69) is 15.6 Å². The summed E-state index contributed by atoms with van der Waals surface area (Å²) >= 11 is 1.26. The van der Waals surface area contributed by atoms with Crippen LogP contribution in [0.15, 0.2) is 24.3 Å². The van der Waals surface area contributed by atoms with E-state index in [1.165, 1.54) is 11.3 Å². The van der Waals surface area contributed by atoms with Crippen molar-refractivity contribution in [3.8, 4) is 0 Å². The molecule has 6 nitrogen and oxygen atoms in total. The molecule has 0 spiro atoms. The van der Waals surface area contributed by atoms with Crippen LogP contribution in [0.5, 0.6) is 0 Å². The maximum atomic E-state index is 12.4. The van der Waals surface area contributed by atoms with Gasteiger partial charge >= 0.3 is 6.09 Å². The standard InChI is InChI=1S/C18H23N3O3S/c1-11-6-8-13(9-7-11)21-16(22)15-12(2)20-14(25-15)10-19-17(23)24-18(3,4)5/h6-9H,10H2,1-5H3,(H,19,23)(H,21,22). The molecule has 2 aromatic rings. The molecule has 0 atom stereocenters. The van der Waals surface area contributed by atoms with E-state index in [-0.39, 0.29) is 12.5 Å². The molecule has 0 unspecified atom stereocenters. The van der Waals surface area contributed by atoms with Gasteiger partial charge in [-0.05, 0) is 46.8 Å². The Morgan fingerprint density at radius 2 is 1.80 bits per heavy atom. The molecule has 0 saturated heterocycles. The average molecular weight is 361 g/mol. The summed E-state index contributed by atoms with van der Waals surface area (Å²) in [5.41, 5.74) is 1.94. The Bertz CT molecular complexity index is 761. The van der Waals surface area contributed by atoms with Gasteiger partial charge in [-0.3, -0.25) is 4.79 Å². The third-order valence-electron chi connectivity index (χ3n) is 3.14. The Morgan fingerprint density at radius 1 is 1.16 bits per heavy atom. The first-order chi connectivity index (χ1) is 11.6. The number of alkyl carbamates (subject to hydrolysis) is 1. The number of hydrogen-bond donors (Lipinski definition) is 2. The van der Waals surface area contributed by atoms with Crippen molar-refractivity contribution in [3.05, 3.63) is 45.4 Å². The molecule has 0 aliphatic heterocycles. The summed E-state index contributed by atoms with van der Waals surface area (Å²) < 4.78 is 5.18. The van der Waals surface area contributed by atoms with E-state index >= 15 is 0 Å². The summed E-state index contributed by atoms with van der Waals surface area (Å²) in [6, 6.07) is 7.58. The van der Waals surface area contributed by atoms with Crippen LogP contribution in [0.25, 0.3) is 0 Å². The Labute approximate surface area is 151 Å². The van der Waals surface area contributed by atoms with Crippen molar-refractivity contribution in [2.45, 2.75) is 46.8 Å². The van der Waals surface area contributed by atoms with Gasteiger partial charge in [-0.15, -0.1) is 11.3 Å². The van der Waals surface area contributed by atoms with Crippen molar-refractivity contribution < 1.29 is 14.3 Å². The highest BCUT2D eigenvalue weighted by molar-refractivity contribution is 7.13. The number of ether oxygens (including phenoxy) is 1. The fourth-order valence-electron chi connectivity index (χ4n) is 2.03. The number of carbonyl (C=O) groups is 2. The van der Waals surface area contributed by atoms with Gasteiger partial charge in [-0.25, -0.2) is 9.78 Å². The minimum absolute atomic E-state index is 0.206. The third kappa shape index (κ3) is 5.86. The fourth-order valence-corrected chi connectivity index (χ4v) is 2.92. The van der Waals surface area contributed by atoms with E-state index in [0.29, 0.717) is 15.6 Å². The molecule has 2 rings (SSSR count). The molecule has 1 heterocycles. The van der Waals surface area contributed by atoms with Crippen LogP contribution in [0, 0.1) is 13.8 Å². The number of aromatic nitrogens is 1. The van der Waals surface area contributed by atoms with E-state index in [1.807, 2.05) is 31.2 Å². The van der Waals surface area contributed by atoms with Gasteiger partial charge in [0.25, 0.3) is 5.91 Å². The smallest absolute Gasteiger partial charge is 0.408 e. The molecule has 2 amide bonds. The number of rotatable bonds is 4. The molecule has 7 heteroatoms. The third-order valence-corrected chi connectivity index (χ3v) is 4.30. The number of amides is 2. The SMILES string of the molecule is Cc1ccc(NC(=O)c2sc(CNC(=O)OC(C)(C)C)nc2C)cc1. The predicted molar refractivity (Wildman–Crippen MR) is 99.1 cm³/mol. The van der Waals surface area contributed by atoms with Gasteiger partial charge in [0.05, 0.1) is 12.2 Å². The lowest BCUT2D eigenvalue weighted by molar-refractivity contribution is 0.0523. The number of hydrogen-bond acceptors (Lipinski definition) is 5. The van der Waals surface area contributed by atoms with E-state index in [9.17, 15) is 9.59 Å². The molecule has 0 fully saturated rings. The van der Waals surface area contributed by atoms with Crippen LogP contribution in [-0.2, 0) is 11.3 Å². The zero-order chi connectivity index (χ0) is 18.6. The quantitative estimate of drug-likeness (QED) is 0.861.